The van der Waals surface area contributed by atoms with Crippen molar-refractivity contribution in [3.05, 3.63) is 35.6 Å². The molecule has 0 aliphatic heterocycles. The Balaban J connectivity index is 1.97. The molecule has 0 aliphatic rings. The highest BCUT2D eigenvalue weighted by Crippen LogP contribution is 2.22. The molecule has 0 spiro atoms. The van der Waals surface area contributed by atoms with Crippen LogP contribution in [0.2, 0.25) is 0 Å². The van der Waals surface area contributed by atoms with Gasteiger partial charge in [0.15, 0.2) is 0 Å². The van der Waals surface area contributed by atoms with Gasteiger partial charge in [0.1, 0.15) is 18.3 Å². The van der Waals surface area contributed by atoms with Crippen molar-refractivity contribution in [1.29, 1.82) is 0 Å². The number of carbonyl (C=O) groups is 1. The van der Waals surface area contributed by atoms with Crippen molar-refractivity contribution in [2.75, 3.05) is 0 Å². The molecule has 0 fully saturated rings. The highest BCUT2D eigenvalue weighted by molar-refractivity contribution is 7.98. The molecule has 84 valence electrons. The van der Waals surface area contributed by atoms with Gasteiger partial charge < -0.3 is 13.9 Å². The van der Waals surface area contributed by atoms with Crippen molar-refractivity contribution in [3.8, 4) is 0 Å². The zero-order valence-corrected chi connectivity index (χ0v) is 9.28. The van der Waals surface area contributed by atoms with Gasteiger partial charge in [-0.2, -0.15) is 0 Å². The molecule has 6 heteroatoms. The molecule has 0 aromatic carbocycles. The molecule has 2 aromatic heterocycles. The van der Waals surface area contributed by atoms with E-state index in [0.29, 0.717) is 16.7 Å². The topological polar surface area (TPSA) is 76.5 Å². The number of thioether (sulfide) groups is 1. The number of carboxylic acid groups (broad SMARTS) is 1. The average molecular weight is 239 g/mol. The molecule has 1 N–H and O–H groups in total. The molecule has 16 heavy (non-hydrogen) atoms. The third-order valence-corrected chi connectivity index (χ3v) is 2.70. The highest BCUT2D eigenvalue weighted by Gasteiger charge is 2.09. The van der Waals surface area contributed by atoms with E-state index in [4.69, 9.17) is 13.9 Å². The van der Waals surface area contributed by atoms with Crippen LogP contribution in [0.25, 0.3) is 0 Å². The van der Waals surface area contributed by atoms with Crippen LogP contribution in [-0.4, -0.2) is 16.1 Å². The van der Waals surface area contributed by atoms with Gasteiger partial charge in [0.25, 0.3) is 5.22 Å². The lowest BCUT2D eigenvalue weighted by Crippen LogP contribution is -1.91. The first kappa shape index (κ1) is 10.8. The van der Waals surface area contributed by atoms with E-state index in [1.165, 1.54) is 24.1 Å². The predicted molar refractivity (Wildman–Crippen MR) is 56.5 cm³/mol. The van der Waals surface area contributed by atoms with E-state index >= 15 is 0 Å². The molecule has 0 unspecified atom stereocenters. The molecule has 2 aromatic rings. The lowest BCUT2D eigenvalue weighted by molar-refractivity contribution is 0.0696. The lowest BCUT2D eigenvalue weighted by atomic mass is 10.3. The maximum atomic E-state index is 10.6. The Morgan fingerprint density at radius 2 is 2.31 bits per heavy atom. The molecule has 0 atom stereocenters. The summed E-state index contributed by atoms with van der Waals surface area (Å²) < 4.78 is 10.2. The van der Waals surface area contributed by atoms with Crippen LogP contribution in [0.15, 0.2) is 32.6 Å². The first-order chi connectivity index (χ1) is 7.65. The Labute approximate surface area is 95.5 Å². The van der Waals surface area contributed by atoms with Crippen LogP contribution in [0.5, 0.6) is 0 Å². The number of aromatic carboxylic acids is 1. The summed E-state index contributed by atoms with van der Waals surface area (Å²) in [4.78, 5) is 14.7. The summed E-state index contributed by atoms with van der Waals surface area (Å²) in [6.45, 7) is 1.84. The number of aromatic nitrogens is 1. The third kappa shape index (κ3) is 2.46. The van der Waals surface area contributed by atoms with Crippen LogP contribution >= 0.6 is 11.8 Å². The van der Waals surface area contributed by atoms with Crippen molar-refractivity contribution < 1.29 is 18.7 Å². The summed E-state index contributed by atoms with van der Waals surface area (Å²) in [5.41, 5.74) is 0.965. The Kier molecular flexibility index (Phi) is 3.00. The van der Waals surface area contributed by atoms with Gasteiger partial charge in [0.05, 0.1) is 17.0 Å². The minimum Gasteiger partial charge on any atom is -0.478 e. The number of oxazole rings is 1. The number of carboxylic acids is 1. The first-order valence-electron chi connectivity index (χ1n) is 4.51. The van der Waals surface area contributed by atoms with Crippen molar-refractivity contribution in [1.82, 2.24) is 4.98 Å². The molecule has 0 bridgehead atoms. The van der Waals surface area contributed by atoms with E-state index in [1.54, 1.807) is 6.26 Å². The predicted octanol–water partition coefficient (Wildman–Crippen LogP) is 2.57. The fourth-order valence-corrected chi connectivity index (χ4v) is 1.84. The summed E-state index contributed by atoms with van der Waals surface area (Å²) in [5, 5.41) is 9.24. The smallest absolute Gasteiger partial charge is 0.338 e. The summed E-state index contributed by atoms with van der Waals surface area (Å²) in [5.74, 6) is 0.0815. The summed E-state index contributed by atoms with van der Waals surface area (Å²) in [6.07, 6.45) is 2.78. The van der Waals surface area contributed by atoms with E-state index in [-0.39, 0.29) is 5.56 Å². The van der Waals surface area contributed by atoms with Crippen molar-refractivity contribution in [2.45, 2.75) is 17.9 Å². The number of rotatable bonds is 4. The van der Waals surface area contributed by atoms with E-state index in [9.17, 15) is 4.79 Å². The lowest BCUT2D eigenvalue weighted by Gasteiger charge is -1.91. The molecular formula is C10H9NO4S. The van der Waals surface area contributed by atoms with Crippen molar-refractivity contribution in [2.24, 2.45) is 0 Å². The molecule has 2 rings (SSSR count). The van der Waals surface area contributed by atoms with Gasteiger partial charge >= 0.3 is 5.97 Å². The first-order valence-corrected chi connectivity index (χ1v) is 5.49. The molecule has 0 saturated heterocycles. The van der Waals surface area contributed by atoms with Crippen LogP contribution in [0.3, 0.4) is 0 Å². The second-order valence-electron chi connectivity index (χ2n) is 3.15. The maximum absolute atomic E-state index is 10.6. The van der Waals surface area contributed by atoms with Gasteiger partial charge in [-0.05, 0) is 13.0 Å². The van der Waals surface area contributed by atoms with Gasteiger partial charge in [-0.3, -0.25) is 0 Å². The minimum atomic E-state index is -0.994. The van der Waals surface area contributed by atoms with Gasteiger partial charge in [0, 0.05) is 0 Å². The Morgan fingerprint density at radius 1 is 1.50 bits per heavy atom. The van der Waals surface area contributed by atoms with Crippen LogP contribution in [0, 0.1) is 6.92 Å². The van der Waals surface area contributed by atoms with Crippen LogP contribution in [0.4, 0.5) is 0 Å². The number of hydrogen-bond donors (Lipinski definition) is 1. The molecule has 0 radical (unpaired) electrons. The monoisotopic (exact) mass is 239 g/mol. The summed E-state index contributed by atoms with van der Waals surface area (Å²) >= 11 is 1.35. The zero-order chi connectivity index (χ0) is 11.5. The SMILES string of the molecule is Cc1coc(SCc2cc(C(=O)O)co2)n1. The fourth-order valence-electron chi connectivity index (χ4n) is 1.10. The largest absolute Gasteiger partial charge is 0.478 e. The number of aryl methyl sites for hydroxylation is 1. The Hall–Kier alpha value is -1.69. The van der Waals surface area contributed by atoms with Gasteiger partial charge in [-0.15, -0.1) is 0 Å². The normalized spacial score (nSPS) is 10.6. The fraction of sp³-hybridized carbons (Fsp3) is 0.200. The minimum absolute atomic E-state index is 0.152. The highest BCUT2D eigenvalue weighted by atomic mass is 32.2. The molecule has 0 saturated carbocycles. The summed E-state index contributed by atoms with van der Waals surface area (Å²) in [7, 11) is 0. The van der Waals surface area contributed by atoms with Gasteiger partial charge in [0.2, 0.25) is 0 Å². The van der Waals surface area contributed by atoms with Crippen LogP contribution in [-0.2, 0) is 5.75 Å². The van der Waals surface area contributed by atoms with Crippen molar-refractivity contribution in [3.63, 3.8) is 0 Å². The molecule has 0 aliphatic carbocycles. The van der Waals surface area contributed by atoms with E-state index < -0.39 is 5.97 Å². The molecule has 5 nitrogen and oxygen atoms in total. The number of hydrogen-bond acceptors (Lipinski definition) is 5. The molecule has 2 heterocycles. The van der Waals surface area contributed by atoms with Crippen LogP contribution in [0.1, 0.15) is 21.8 Å². The van der Waals surface area contributed by atoms with Gasteiger partial charge in [-0.1, -0.05) is 11.8 Å². The molecular weight excluding hydrogens is 230 g/mol. The number of furan rings is 1. The van der Waals surface area contributed by atoms with E-state index in [0.717, 1.165) is 5.69 Å². The van der Waals surface area contributed by atoms with Crippen LogP contribution < -0.4 is 0 Å². The zero-order valence-electron chi connectivity index (χ0n) is 8.47. The number of nitrogens with zero attached hydrogens (tertiary/aromatic N) is 1. The quantitative estimate of drug-likeness (QED) is 0.826. The summed E-state index contributed by atoms with van der Waals surface area (Å²) in [6, 6.07) is 1.49. The van der Waals surface area contributed by atoms with Crippen molar-refractivity contribution >= 4 is 17.7 Å². The van der Waals surface area contributed by atoms with E-state index in [1.807, 2.05) is 6.92 Å². The van der Waals surface area contributed by atoms with E-state index in [2.05, 4.69) is 4.98 Å². The standard InChI is InChI=1S/C10H9NO4S/c1-6-3-15-10(11-6)16-5-8-2-7(4-14-8)9(12)13/h2-4H,5H2,1H3,(H,12,13). The average Bonchev–Trinajstić information content (AvgIpc) is 2.83. The molecule has 0 amide bonds. The second-order valence-corrected chi connectivity index (χ2v) is 4.08. The third-order valence-electron chi connectivity index (χ3n) is 1.84. The Morgan fingerprint density at radius 3 is 2.88 bits per heavy atom. The maximum Gasteiger partial charge on any atom is 0.338 e. The second kappa shape index (κ2) is 4.44. The van der Waals surface area contributed by atoms with Gasteiger partial charge in [-0.25, -0.2) is 9.78 Å². The Bertz CT molecular complexity index is 502.